The second-order valence-electron chi connectivity index (χ2n) is 5.61. The molecule has 0 spiro atoms. The van der Waals surface area contributed by atoms with Crippen LogP contribution in [-0.2, 0) is 10.0 Å². The number of piperazine rings is 1. The van der Waals surface area contributed by atoms with E-state index in [1.165, 1.54) is 17.5 Å². The zero-order valence-corrected chi connectivity index (χ0v) is 14.6. The Balaban J connectivity index is 1.70. The van der Waals surface area contributed by atoms with Gasteiger partial charge in [-0.2, -0.15) is 4.31 Å². The van der Waals surface area contributed by atoms with Crippen molar-refractivity contribution in [3.05, 3.63) is 54.4 Å². The number of rotatable bonds is 4. The number of methoxy groups -OCH3 is 1. The number of carbonyl (C=O) groups is 1. The first-order valence-corrected chi connectivity index (χ1v) is 9.30. The van der Waals surface area contributed by atoms with Gasteiger partial charge in [0.2, 0.25) is 10.0 Å². The van der Waals surface area contributed by atoms with Crippen LogP contribution in [0.4, 0.5) is 0 Å². The number of pyridine rings is 1. The molecule has 0 aliphatic carbocycles. The first kappa shape index (κ1) is 17.4. The van der Waals surface area contributed by atoms with Crippen LogP contribution in [0.2, 0.25) is 0 Å². The number of amides is 1. The van der Waals surface area contributed by atoms with Crippen molar-refractivity contribution in [3.8, 4) is 5.75 Å². The highest BCUT2D eigenvalue weighted by Crippen LogP contribution is 2.22. The number of nitrogens with zero attached hydrogens (tertiary/aromatic N) is 3. The van der Waals surface area contributed by atoms with Gasteiger partial charge in [-0.25, -0.2) is 8.42 Å². The normalized spacial score (nSPS) is 15.8. The molecule has 1 aromatic carbocycles. The Labute approximate surface area is 146 Å². The van der Waals surface area contributed by atoms with Gasteiger partial charge in [-0.05, 0) is 24.3 Å². The summed E-state index contributed by atoms with van der Waals surface area (Å²) in [6.07, 6.45) is 3.13. The zero-order valence-electron chi connectivity index (χ0n) is 13.8. The SMILES string of the molecule is COc1cccc(S(=O)(=O)N2CCN(C(=O)c3ccncc3)CC2)c1. The Hall–Kier alpha value is -2.45. The summed E-state index contributed by atoms with van der Waals surface area (Å²) in [5, 5.41) is 0. The smallest absolute Gasteiger partial charge is 0.254 e. The van der Waals surface area contributed by atoms with E-state index < -0.39 is 10.0 Å². The minimum absolute atomic E-state index is 0.110. The van der Waals surface area contributed by atoms with Gasteiger partial charge < -0.3 is 9.64 Å². The molecular weight excluding hydrogens is 342 g/mol. The lowest BCUT2D eigenvalue weighted by Gasteiger charge is -2.34. The molecule has 0 N–H and O–H groups in total. The van der Waals surface area contributed by atoms with E-state index in [9.17, 15) is 13.2 Å². The summed E-state index contributed by atoms with van der Waals surface area (Å²) in [5.41, 5.74) is 0.555. The Kier molecular flexibility index (Phi) is 5.00. The largest absolute Gasteiger partial charge is 0.497 e. The topological polar surface area (TPSA) is 79.8 Å². The fourth-order valence-corrected chi connectivity index (χ4v) is 4.18. The predicted octanol–water partition coefficient (Wildman–Crippen LogP) is 1.24. The van der Waals surface area contributed by atoms with Crippen LogP contribution >= 0.6 is 0 Å². The van der Waals surface area contributed by atoms with Crippen molar-refractivity contribution in [1.82, 2.24) is 14.2 Å². The van der Waals surface area contributed by atoms with Crippen molar-refractivity contribution >= 4 is 15.9 Å². The van der Waals surface area contributed by atoms with Crippen LogP contribution in [0.1, 0.15) is 10.4 Å². The number of benzene rings is 1. The molecule has 1 aliphatic heterocycles. The van der Waals surface area contributed by atoms with Crippen LogP contribution in [0.25, 0.3) is 0 Å². The lowest BCUT2D eigenvalue weighted by molar-refractivity contribution is 0.0698. The molecule has 2 aromatic rings. The Morgan fingerprint density at radius 1 is 1.08 bits per heavy atom. The van der Waals surface area contributed by atoms with Crippen molar-refractivity contribution < 1.29 is 17.9 Å². The minimum atomic E-state index is -3.60. The molecule has 0 unspecified atom stereocenters. The molecule has 132 valence electrons. The second-order valence-corrected chi connectivity index (χ2v) is 7.55. The molecule has 25 heavy (non-hydrogen) atoms. The Morgan fingerprint density at radius 2 is 1.76 bits per heavy atom. The van der Waals surface area contributed by atoms with E-state index in [2.05, 4.69) is 4.98 Å². The van der Waals surface area contributed by atoms with Crippen molar-refractivity contribution in [1.29, 1.82) is 0 Å². The van der Waals surface area contributed by atoms with Crippen LogP contribution in [0.3, 0.4) is 0 Å². The van der Waals surface area contributed by atoms with E-state index in [4.69, 9.17) is 4.74 Å². The van der Waals surface area contributed by atoms with Gasteiger partial charge >= 0.3 is 0 Å². The molecule has 0 bridgehead atoms. The van der Waals surface area contributed by atoms with E-state index in [1.54, 1.807) is 47.6 Å². The van der Waals surface area contributed by atoms with Gasteiger partial charge in [0, 0.05) is 50.2 Å². The molecule has 7 nitrogen and oxygen atoms in total. The third-order valence-corrected chi connectivity index (χ3v) is 6.03. The van der Waals surface area contributed by atoms with Gasteiger partial charge in [0.25, 0.3) is 5.91 Å². The predicted molar refractivity (Wildman–Crippen MR) is 91.9 cm³/mol. The number of hydrogen-bond donors (Lipinski definition) is 0. The quantitative estimate of drug-likeness (QED) is 0.818. The standard InChI is InChI=1S/C17H19N3O4S/c1-24-15-3-2-4-16(13-15)25(22,23)20-11-9-19(10-12-20)17(21)14-5-7-18-8-6-14/h2-8,13H,9-12H2,1H3. The van der Waals surface area contributed by atoms with Gasteiger partial charge in [-0.15, -0.1) is 0 Å². The number of aromatic nitrogens is 1. The molecule has 1 amide bonds. The summed E-state index contributed by atoms with van der Waals surface area (Å²) < 4.78 is 32.0. The molecule has 2 heterocycles. The summed E-state index contributed by atoms with van der Waals surface area (Å²) in [7, 11) is -2.11. The maximum Gasteiger partial charge on any atom is 0.254 e. The van der Waals surface area contributed by atoms with Gasteiger partial charge in [-0.3, -0.25) is 9.78 Å². The molecule has 0 saturated carbocycles. The third kappa shape index (κ3) is 3.64. The van der Waals surface area contributed by atoms with Crippen molar-refractivity contribution in [2.45, 2.75) is 4.90 Å². The molecule has 3 rings (SSSR count). The number of carbonyl (C=O) groups excluding carboxylic acids is 1. The summed E-state index contributed by atoms with van der Waals surface area (Å²) in [6, 6.07) is 9.71. The maximum absolute atomic E-state index is 12.8. The molecular formula is C17H19N3O4S. The molecule has 1 fully saturated rings. The summed E-state index contributed by atoms with van der Waals surface area (Å²) in [4.78, 5) is 18.2. The lowest BCUT2D eigenvalue weighted by atomic mass is 10.2. The summed E-state index contributed by atoms with van der Waals surface area (Å²) in [6.45, 7) is 1.22. The van der Waals surface area contributed by atoms with Crippen molar-refractivity contribution in [3.63, 3.8) is 0 Å². The molecule has 8 heteroatoms. The Bertz CT molecular complexity index is 847. The molecule has 0 atom stereocenters. The minimum Gasteiger partial charge on any atom is -0.497 e. The average molecular weight is 361 g/mol. The van der Waals surface area contributed by atoms with Gasteiger partial charge in [0.1, 0.15) is 5.75 Å². The number of ether oxygens (including phenoxy) is 1. The van der Waals surface area contributed by atoms with Gasteiger partial charge in [-0.1, -0.05) is 6.07 Å². The molecule has 0 radical (unpaired) electrons. The van der Waals surface area contributed by atoms with E-state index in [0.717, 1.165) is 0 Å². The van der Waals surface area contributed by atoms with Crippen LogP contribution in [-0.4, -0.2) is 61.8 Å². The zero-order chi connectivity index (χ0) is 17.9. The average Bonchev–Trinajstić information content (AvgIpc) is 2.68. The van der Waals surface area contributed by atoms with Crippen LogP contribution < -0.4 is 4.74 Å². The van der Waals surface area contributed by atoms with E-state index >= 15 is 0 Å². The maximum atomic E-state index is 12.8. The van der Waals surface area contributed by atoms with E-state index in [1.807, 2.05) is 0 Å². The third-order valence-electron chi connectivity index (χ3n) is 4.13. The highest BCUT2D eigenvalue weighted by molar-refractivity contribution is 7.89. The first-order chi connectivity index (χ1) is 12.0. The fourth-order valence-electron chi connectivity index (χ4n) is 2.72. The van der Waals surface area contributed by atoms with Crippen molar-refractivity contribution in [2.24, 2.45) is 0 Å². The van der Waals surface area contributed by atoms with E-state index in [-0.39, 0.29) is 23.9 Å². The van der Waals surface area contributed by atoms with Crippen LogP contribution in [0, 0.1) is 0 Å². The highest BCUT2D eigenvalue weighted by Gasteiger charge is 2.30. The molecule has 1 aliphatic rings. The second kappa shape index (κ2) is 7.20. The van der Waals surface area contributed by atoms with Crippen LogP contribution in [0.15, 0.2) is 53.7 Å². The number of sulfonamides is 1. The number of hydrogen-bond acceptors (Lipinski definition) is 5. The fraction of sp³-hybridized carbons (Fsp3) is 0.294. The lowest BCUT2D eigenvalue weighted by Crippen LogP contribution is -2.50. The van der Waals surface area contributed by atoms with Crippen molar-refractivity contribution in [2.75, 3.05) is 33.3 Å². The monoisotopic (exact) mass is 361 g/mol. The molecule has 1 aromatic heterocycles. The van der Waals surface area contributed by atoms with Gasteiger partial charge in [0.15, 0.2) is 0 Å². The van der Waals surface area contributed by atoms with Gasteiger partial charge in [0.05, 0.1) is 12.0 Å². The summed E-state index contributed by atoms with van der Waals surface area (Å²) >= 11 is 0. The molecule has 1 saturated heterocycles. The van der Waals surface area contributed by atoms with Crippen LogP contribution in [0.5, 0.6) is 5.75 Å². The summed E-state index contributed by atoms with van der Waals surface area (Å²) in [5.74, 6) is 0.383. The van der Waals surface area contributed by atoms with E-state index in [0.29, 0.717) is 24.4 Å². The first-order valence-electron chi connectivity index (χ1n) is 7.86. The highest BCUT2D eigenvalue weighted by atomic mass is 32.2. The Morgan fingerprint density at radius 3 is 2.40 bits per heavy atom.